The zero-order valence-electron chi connectivity index (χ0n) is 8.34. The Bertz CT molecular complexity index is 368. The maximum absolute atomic E-state index is 5.11. The number of aromatic nitrogens is 1. The minimum Gasteiger partial charge on any atom is -0.360 e. The number of halogens is 2. The summed E-state index contributed by atoms with van der Waals surface area (Å²) in [6.45, 7) is 4.05. The van der Waals surface area contributed by atoms with Crippen molar-refractivity contribution in [2.24, 2.45) is 0 Å². The van der Waals surface area contributed by atoms with Crippen molar-refractivity contribution in [3.05, 3.63) is 21.2 Å². The summed E-state index contributed by atoms with van der Waals surface area (Å²) in [6, 6.07) is 2.21. The molecule has 3 nitrogen and oxygen atoms in total. The second-order valence-corrected chi connectivity index (χ2v) is 5.42. The molecule has 1 aromatic rings. The fraction of sp³-hybridized carbons (Fsp3) is 0.333. The first kappa shape index (κ1) is 12.9. The van der Waals surface area contributed by atoms with Gasteiger partial charge in [-0.15, -0.1) is 0 Å². The number of hydrogen-bond acceptors (Lipinski definition) is 2. The van der Waals surface area contributed by atoms with Crippen LogP contribution in [0.4, 0.5) is 5.82 Å². The molecular weight excluding hydrogens is 342 g/mol. The van der Waals surface area contributed by atoms with Crippen molar-refractivity contribution in [3.8, 4) is 0 Å². The monoisotopic (exact) mass is 351 g/mol. The van der Waals surface area contributed by atoms with E-state index >= 15 is 0 Å². The van der Waals surface area contributed by atoms with Crippen molar-refractivity contribution in [3.63, 3.8) is 0 Å². The molecule has 1 heterocycles. The van der Waals surface area contributed by atoms with Gasteiger partial charge in [0.2, 0.25) is 0 Å². The molecule has 0 aromatic carbocycles. The minimum atomic E-state index is 0.305. The molecule has 0 fully saturated rings. The Balaban J connectivity index is 2.68. The highest BCUT2D eigenvalue weighted by atomic mass is 79.9. The smallest absolute Gasteiger partial charge is 0.172 e. The highest BCUT2D eigenvalue weighted by Crippen LogP contribution is 2.23. The van der Waals surface area contributed by atoms with Crippen molar-refractivity contribution in [2.45, 2.75) is 19.9 Å². The lowest BCUT2D eigenvalue weighted by Gasteiger charge is -2.13. The fourth-order valence-electron chi connectivity index (χ4n) is 0.912. The lowest BCUT2D eigenvalue weighted by atomic mass is 10.4. The summed E-state index contributed by atoms with van der Waals surface area (Å²) in [6.07, 6.45) is 1.71. The molecule has 0 radical (unpaired) electrons. The van der Waals surface area contributed by atoms with E-state index in [2.05, 4.69) is 47.5 Å². The van der Waals surface area contributed by atoms with E-state index in [1.165, 1.54) is 0 Å². The summed E-state index contributed by atoms with van der Waals surface area (Å²) in [7, 11) is 0. The second kappa shape index (κ2) is 5.77. The first-order valence-electron chi connectivity index (χ1n) is 4.37. The summed E-state index contributed by atoms with van der Waals surface area (Å²) in [4.78, 5) is 4.19. The third-order valence-electron chi connectivity index (χ3n) is 1.46. The predicted molar refractivity (Wildman–Crippen MR) is 74.1 cm³/mol. The van der Waals surface area contributed by atoms with Crippen LogP contribution in [0.3, 0.4) is 0 Å². The van der Waals surface area contributed by atoms with E-state index in [-0.39, 0.29) is 0 Å². The Kier molecular flexibility index (Phi) is 4.95. The van der Waals surface area contributed by atoms with Gasteiger partial charge in [0.15, 0.2) is 5.11 Å². The van der Waals surface area contributed by atoms with Crippen LogP contribution in [0.15, 0.2) is 21.2 Å². The Morgan fingerprint density at radius 2 is 2.13 bits per heavy atom. The van der Waals surface area contributed by atoms with E-state index in [0.717, 1.165) is 8.95 Å². The Hall–Kier alpha value is -0.200. The van der Waals surface area contributed by atoms with Crippen LogP contribution in [-0.2, 0) is 0 Å². The van der Waals surface area contributed by atoms with Crippen LogP contribution in [0.5, 0.6) is 0 Å². The zero-order valence-corrected chi connectivity index (χ0v) is 12.3. The summed E-state index contributed by atoms with van der Waals surface area (Å²) >= 11 is 11.8. The molecule has 0 saturated heterocycles. The van der Waals surface area contributed by atoms with E-state index in [9.17, 15) is 0 Å². The van der Waals surface area contributed by atoms with Crippen LogP contribution in [0, 0.1) is 0 Å². The van der Waals surface area contributed by atoms with Gasteiger partial charge in [0.05, 0.1) is 4.47 Å². The average molecular weight is 353 g/mol. The van der Waals surface area contributed by atoms with E-state index < -0.39 is 0 Å². The zero-order chi connectivity index (χ0) is 11.4. The van der Waals surface area contributed by atoms with Gasteiger partial charge in [-0.1, -0.05) is 0 Å². The van der Waals surface area contributed by atoms with E-state index in [4.69, 9.17) is 12.2 Å². The third-order valence-corrected chi connectivity index (χ3v) is 2.72. The molecule has 6 heteroatoms. The van der Waals surface area contributed by atoms with Gasteiger partial charge in [0.25, 0.3) is 0 Å². The van der Waals surface area contributed by atoms with Gasteiger partial charge in [-0.05, 0) is 64.0 Å². The predicted octanol–water partition coefficient (Wildman–Crippen LogP) is 3.30. The van der Waals surface area contributed by atoms with Crippen LogP contribution >= 0.6 is 44.1 Å². The SMILES string of the molecule is CC(C)NC(=S)Nc1ncc(Br)cc1Br. The molecule has 0 unspecified atom stereocenters. The number of anilines is 1. The largest absolute Gasteiger partial charge is 0.360 e. The number of rotatable bonds is 2. The molecule has 0 aliphatic rings. The molecule has 0 atom stereocenters. The topological polar surface area (TPSA) is 37.0 Å². The molecule has 82 valence electrons. The summed E-state index contributed by atoms with van der Waals surface area (Å²) in [5.41, 5.74) is 0. The van der Waals surface area contributed by atoms with Crippen LogP contribution < -0.4 is 10.6 Å². The fourth-order valence-corrected chi connectivity index (χ4v) is 2.33. The number of hydrogen-bond donors (Lipinski definition) is 2. The summed E-state index contributed by atoms with van der Waals surface area (Å²) < 4.78 is 1.78. The first-order chi connectivity index (χ1) is 6.99. The minimum absolute atomic E-state index is 0.305. The van der Waals surface area contributed by atoms with Gasteiger partial charge in [0.1, 0.15) is 5.82 Å². The van der Waals surface area contributed by atoms with Crippen LogP contribution in [0.1, 0.15) is 13.8 Å². The highest BCUT2D eigenvalue weighted by molar-refractivity contribution is 9.11. The van der Waals surface area contributed by atoms with E-state index in [1.807, 2.05) is 19.9 Å². The van der Waals surface area contributed by atoms with E-state index in [0.29, 0.717) is 17.0 Å². The number of nitrogens with one attached hydrogen (secondary N) is 2. The van der Waals surface area contributed by atoms with Crippen molar-refractivity contribution in [2.75, 3.05) is 5.32 Å². The standard InChI is InChI=1S/C9H11Br2N3S/c1-5(2)13-9(15)14-8-7(11)3-6(10)4-12-8/h3-5H,1-2H3,(H2,12,13,14,15). The maximum Gasteiger partial charge on any atom is 0.172 e. The Morgan fingerprint density at radius 1 is 1.47 bits per heavy atom. The number of thiocarbonyl (C=S) groups is 1. The lowest BCUT2D eigenvalue weighted by molar-refractivity contribution is 0.739. The molecular formula is C9H11Br2N3S. The van der Waals surface area contributed by atoms with Crippen molar-refractivity contribution in [1.29, 1.82) is 0 Å². The number of nitrogens with zero attached hydrogens (tertiary/aromatic N) is 1. The van der Waals surface area contributed by atoms with Crippen LogP contribution in [-0.4, -0.2) is 16.1 Å². The summed E-state index contributed by atoms with van der Waals surface area (Å²) in [5, 5.41) is 6.66. The Labute approximate surface area is 111 Å². The van der Waals surface area contributed by atoms with Gasteiger partial charge in [0, 0.05) is 16.7 Å². The molecule has 1 aromatic heterocycles. The van der Waals surface area contributed by atoms with Gasteiger partial charge < -0.3 is 10.6 Å². The average Bonchev–Trinajstić information content (AvgIpc) is 2.08. The molecule has 2 N–H and O–H groups in total. The van der Waals surface area contributed by atoms with Gasteiger partial charge >= 0.3 is 0 Å². The number of pyridine rings is 1. The molecule has 0 aliphatic carbocycles. The summed E-state index contributed by atoms with van der Waals surface area (Å²) in [5.74, 6) is 0.705. The molecule has 0 bridgehead atoms. The second-order valence-electron chi connectivity index (χ2n) is 3.24. The molecule has 0 spiro atoms. The molecule has 1 rings (SSSR count). The third kappa shape index (κ3) is 4.44. The molecule has 0 saturated carbocycles. The van der Waals surface area contributed by atoms with E-state index in [1.54, 1.807) is 6.20 Å². The van der Waals surface area contributed by atoms with Gasteiger partial charge in [-0.3, -0.25) is 0 Å². The molecule has 0 amide bonds. The van der Waals surface area contributed by atoms with Crippen molar-refractivity contribution >= 4 is 55.0 Å². The molecule has 15 heavy (non-hydrogen) atoms. The first-order valence-corrected chi connectivity index (χ1v) is 6.37. The molecule has 0 aliphatic heterocycles. The van der Waals surface area contributed by atoms with Crippen LogP contribution in [0.2, 0.25) is 0 Å². The highest BCUT2D eigenvalue weighted by Gasteiger charge is 2.04. The maximum atomic E-state index is 5.11. The van der Waals surface area contributed by atoms with Gasteiger partial charge in [-0.25, -0.2) is 4.98 Å². The van der Waals surface area contributed by atoms with Crippen LogP contribution in [0.25, 0.3) is 0 Å². The van der Waals surface area contributed by atoms with Gasteiger partial charge in [-0.2, -0.15) is 0 Å². The normalized spacial score (nSPS) is 10.2. The van der Waals surface area contributed by atoms with Crippen molar-refractivity contribution in [1.82, 2.24) is 10.3 Å². The lowest BCUT2D eigenvalue weighted by Crippen LogP contribution is -2.34. The quantitative estimate of drug-likeness (QED) is 0.801. The van der Waals surface area contributed by atoms with Crippen molar-refractivity contribution < 1.29 is 0 Å². The Morgan fingerprint density at radius 3 is 2.67 bits per heavy atom.